The molecule has 0 atom stereocenters. The van der Waals surface area contributed by atoms with Crippen LogP contribution in [0.5, 0.6) is 5.75 Å². The summed E-state index contributed by atoms with van der Waals surface area (Å²) in [5.41, 5.74) is 6.26. The highest BCUT2D eigenvalue weighted by atomic mass is 35.5. The summed E-state index contributed by atoms with van der Waals surface area (Å²) in [6, 6.07) is 25.0. The van der Waals surface area contributed by atoms with E-state index in [1.54, 1.807) is 12.1 Å². The minimum absolute atomic E-state index is 0.106. The number of hydrazone groups is 1. The van der Waals surface area contributed by atoms with Crippen molar-refractivity contribution in [3.8, 4) is 5.75 Å². The van der Waals surface area contributed by atoms with Crippen LogP contribution < -0.4 is 15.5 Å². The topological polar surface area (TPSA) is 75.6 Å². The average Bonchev–Trinajstić information content (AvgIpc) is 3.21. The third-order valence-corrected chi connectivity index (χ3v) is 6.63. The molecular formula is C28H27ClN4O2S. The Labute approximate surface area is 220 Å². The molecule has 0 unspecified atom stereocenters. The second-order valence-electron chi connectivity index (χ2n) is 9.12. The van der Waals surface area contributed by atoms with Gasteiger partial charge in [-0.2, -0.15) is 5.10 Å². The van der Waals surface area contributed by atoms with Gasteiger partial charge >= 0.3 is 0 Å². The van der Waals surface area contributed by atoms with E-state index in [1.165, 1.54) is 23.1 Å². The Hall–Kier alpha value is -3.68. The molecule has 0 bridgehead atoms. The molecule has 4 aromatic rings. The monoisotopic (exact) mass is 518 g/mol. The van der Waals surface area contributed by atoms with Gasteiger partial charge in [0, 0.05) is 11.3 Å². The molecule has 6 nitrogen and oxygen atoms in total. The van der Waals surface area contributed by atoms with Gasteiger partial charge in [-0.05, 0) is 52.9 Å². The molecule has 2 N–H and O–H groups in total. The average molecular weight is 519 g/mol. The Balaban J connectivity index is 1.28. The van der Waals surface area contributed by atoms with Gasteiger partial charge in [0.25, 0.3) is 5.91 Å². The zero-order chi connectivity index (χ0) is 25.5. The lowest BCUT2D eigenvalue weighted by Gasteiger charge is -2.19. The number of rotatable bonds is 8. The summed E-state index contributed by atoms with van der Waals surface area (Å²) in [5, 5.41) is 8.17. The minimum Gasteiger partial charge on any atom is -0.489 e. The maximum absolute atomic E-state index is 12.5. The predicted octanol–water partition coefficient (Wildman–Crippen LogP) is 7.18. The molecule has 8 heteroatoms. The Morgan fingerprint density at radius 3 is 2.39 bits per heavy atom. The van der Waals surface area contributed by atoms with Gasteiger partial charge in [0.05, 0.1) is 11.1 Å². The van der Waals surface area contributed by atoms with Gasteiger partial charge in [-0.25, -0.2) is 10.4 Å². The zero-order valence-corrected chi connectivity index (χ0v) is 21.9. The molecule has 0 fully saturated rings. The molecule has 0 saturated heterocycles. The number of benzene rings is 3. The van der Waals surface area contributed by atoms with E-state index in [4.69, 9.17) is 16.3 Å². The maximum atomic E-state index is 12.5. The fraction of sp³-hybridized carbons (Fsp3) is 0.179. The lowest BCUT2D eigenvalue weighted by molar-refractivity contribution is 0.0955. The molecule has 1 aromatic heterocycles. The van der Waals surface area contributed by atoms with Crippen molar-refractivity contribution >= 4 is 45.9 Å². The lowest BCUT2D eigenvalue weighted by Crippen LogP contribution is -2.17. The molecule has 1 heterocycles. The quantitative estimate of drug-likeness (QED) is 0.191. The number of hydrogen-bond donors (Lipinski definition) is 2. The van der Waals surface area contributed by atoms with Crippen molar-refractivity contribution in [1.29, 1.82) is 0 Å². The predicted molar refractivity (Wildman–Crippen MR) is 148 cm³/mol. The van der Waals surface area contributed by atoms with Crippen LogP contribution >= 0.6 is 22.9 Å². The van der Waals surface area contributed by atoms with Gasteiger partial charge in [0.2, 0.25) is 0 Å². The van der Waals surface area contributed by atoms with Gasteiger partial charge in [-0.3, -0.25) is 4.79 Å². The van der Waals surface area contributed by atoms with Crippen LogP contribution in [0.2, 0.25) is 5.15 Å². The van der Waals surface area contributed by atoms with Crippen LogP contribution in [0.4, 0.5) is 10.8 Å². The van der Waals surface area contributed by atoms with Crippen molar-refractivity contribution in [3.63, 3.8) is 0 Å². The van der Waals surface area contributed by atoms with E-state index in [0.29, 0.717) is 27.3 Å². The van der Waals surface area contributed by atoms with Crippen molar-refractivity contribution in [1.82, 2.24) is 10.4 Å². The van der Waals surface area contributed by atoms with Crippen molar-refractivity contribution in [2.75, 3.05) is 5.32 Å². The van der Waals surface area contributed by atoms with E-state index < -0.39 is 0 Å². The van der Waals surface area contributed by atoms with E-state index in [-0.39, 0.29) is 11.3 Å². The van der Waals surface area contributed by atoms with Crippen molar-refractivity contribution in [2.24, 2.45) is 5.10 Å². The van der Waals surface area contributed by atoms with Gasteiger partial charge in [0.15, 0.2) is 10.3 Å². The summed E-state index contributed by atoms with van der Waals surface area (Å²) < 4.78 is 5.88. The Kier molecular flexibility index (Phi) is 8.03. The Bertz CT molecular complexity index is 1330. The fourth-order valence-corrected chi connectivity index (χ4v) is 4.32. The molecule has 184 valence electrons. The highest BCUT2D eigenvalue weighted by Crippen LogP contribution is 2.28. The maximum Gasteiger partial charge on any atom is 0.271 e. The van der Waals surface area contributed by atoms with Crippen molar-refractivity contribution in [3.05, 3.63) is 106 Å². The van der Waals surface area contributed by atoms with Gasteiger partial charge < -0.3 is 10.1 Å². The SMILES string of the molecule is CC(C)(C)c1ccc(OCc2ccc(C(=O)N/N=C\c3sc(Nc4ccccc4)nc3Cl)cc2)cc1. The summed E-state index contributed by atoms with van der Waals surface area (Å²) in [4.78, 5) is 17.4. The van der Waals surface area contributed by atoms with Crippen LogP contribution in [0.15, 0.2) is 84.0 Å². The molecule has 0 aliphatic heterocycles. The number of carbonyl (C=O) groups is 1. The fourth-order valence-electron chi connectivity index (χ4n) is 3.28. The third kappa shape index (κ3) is 6.93. The van der Waals surface area contributed by atoms with E-state index >= 15 is 0 Å². The van der Waals surface area contributed by atoms with Crippen LogP contribution in [-0.2, 0) is 12.0 Å². The Morgan fingerprint density at radius 2 is 1.72 bits per heavy atom. The normalized spacial score (nSPS) is 11.4. The summed E-state index contributed by atoms with van der Waals surface area (Å²) in [6.45, 7) is 6.96. The largest absolute Gasteiger partial charge is 0.489 e. The highest BCUT2D eigenvalue weighted by molar-refractivity contribution is 7.17. The van der Waals surface area contributed by atoms with Crippen LogP contribution in [0.1, 0.15) is 47.1 Å². The molecule has 0 aliphatic carbocycles. The van der Waals surface area contributed by atoms with Gasteiger partial charge in [0.1, 0.15) is 12.4 Å². The molecule has 0 saturated carbocycles. The van der Waals surface area contributed by atoms with E-state index in [9.17, 15) is 4.79 Å². The van der Waals surface area contributed by atoms with E-state index in [0.717, 1.165) is 17.0 Å². The second-order valence-corrected chi connectivity index (χ2v) is 10.5. The number of thiazole rings is 1. The van der Waals surface area contributed by atoms with Crippen molar-refractivity contribution < 1.29 is 9.53 Å². The van der Waals surface area contributed by atoms with Crippen LogP contribution in [-0.4, -0.2) is 17.1 Å². The summed E-state index contributed by atoms with van der Waals surface area (Å²) >= 11 is 7.55. The number of halogens is 1. The molecule has 0 aliphatic rings. The number of amides is 1. The number of hydrogen-bond acceptors (Lipinski definition) is 6. The van der Waals surface area contributed by atoms with Crippen molar-refractivity contribution in [2.45, 2.75) is 32.8 Å². The molecule has 36 heavy (non-hydrogen) atoms. The smallest absolute Gasteiger partial charge is 0.271 e. The van der Waals surface area contributed by atoms with Crippen LogP contribution in [0, 0.1) is 0 Å². The number of nitrogens with one attached hydrogen (secondary N) is 2. The van der Waals surface area contributed by atoms with Crippen LogP contribution in [0.3, 0.4) is 0 Å². The Morgan fingerprint density at radius 1 is 1.03 bits per heavy atom. The minimum atomic E-state index is -0.320. The molecule has 0 spiro atoms. The molecular weight excluding hydrogens is 492 g/mol. The van der Waals surface area contributed by atoms with Gasteiger partial charge in [-0.1, -0.05) is 86.2 Å². The lowest BCUT2D eigenvalue weighted by atomic mass is 9.87. The number of aromatic nitrogens is 1. The van der Waals surface area contributed by atoms with E-state index in [2.05, 4.69) is 53.7 Å². The van der Waals surface area contributed by atoms with E-state index in [1.807, 2.05) is 54.6 Å². The number of nitrogens with zero attached hydrogens (tertiary/aromatic N) is 2. The molecule has 1 amide bonds. The first-order valence-electron chi connectivity index (χ1n) is 11.4. The first kappa shape index (κ1) is 25.4. The molecule has 0 radical (unpaired) electrons. The number of para-hydroxylation sites is 1. The number of carbonyl (C=O) groups excluding carboxylic acids is 1. The molecule has 4 rings (SSSR count). The number of anilines is 2. The number of ether oxygens (including phenoxy) is 1. The first-order chi connectivity index (χ1) is 17.3. The van der Waals surface area contributed by atoms with Crippen LogP contribution in [0.25, 0.3) is 0 Å². The van der Waals surface area contributed by atoms with Gasteiger partial charge in [-0.15, -0.1) is 0 Å². The zero-order valence-electron chi connectivity index (χ0n) is 20.3. The summed E-state index contributed by atoms with van der Waals surface area (Å²) in [7, 11) is 0. The summed E-state index contributed by atoms with van der Waals surface area (Å²) in [5.74, 6) is 0.489. The second kappa shape index (κ2) is 11.4. The first-order valence-corrected chi connectivity index (χ1v) is 12.6. The summed E-state index contributed by atoms with van der Waals surface area (Å²) in [6.07, 6.45) is 1.49. The highest BCUT2D eigenvalue weighted by Gasteiger charge is 2.13. The standard InChI is InChI=1S/C28H27ClN4O2S/c1-28(2,3)21-13-15-23(16-14-21)35-18-19-9-11-20(12-10-19)26(34)33-30-17-24-25(29)32-27(36-24)31-22-7-5-4-6-8-22/h4-17H,18H2,1-3H3,(H,31,32)(H,33,34)/b30-17-. The third-order valence-electron chi connectivity index (χ3n) is 5.32. The molecule has 3 aromatic carbocycles.